The van der Waals surface area contributed by atoms with Gasteiger partial charge in [-0.3, -0.25) is 0 Å². The fourth-order valence-corrected chi connectivity index (χ4v) is 2.54. The molecule has 0 amide bonds. The molecule has 2 rings (SSSR count). The van der Waals surface area contributed by atoms with Gasteiger partial charge in [-0.2, -0.15) is 0 Å². The van der Waals surface area contributed by atoms with Crippen LogP contribution in [0.4, 0.5) is 0 Å². The Morgan fingerprint density at radius 3 is 2.69 bits per heavy atom. The maximum atomic E-state index is 2.61. The van der Waals surface area contributed by atoms with Crippen molar-refractivity contribution >= 4 is 0 Å². The Labute approximate surface area is 99.5 Å². The monoisotopic (exact) mass is 217 g/mol. The second kappa shape index (κ2) is 6.05. The van der Waals surface area contributed by atoms with Crippen LogP contribution in [0.15, 0.2) is 24.3 Å². The molecule has 1 heteroatoms. The van der Waals surface area contributed by atoms with Crippen molar-refractivity contribution in [3.05, 3.63) is 35.4 Å². The molecule has 0 unspecified atom stereocenters. The average molecular weight is 217 g/mol. The first-order chi connectivity index (χ1) is 7.84. The minimum absolute atomic E-state index is 1.25. The number of likely N-dealkylation sites (tertiary alicyclic amines) is 1. The number of aryl methyl sites for hydroxylation is 2. The molecule has 1 aliphatic rings. The summed E-state index contributed by atoms with van der Waals surface area (Å²) in [6.07, 6.45) is 6.76. The summed E-state index contributed by atoms with van der Waals surface area (Å²) in [4.78, 5) is 2.61. The van der Waals surface area contributed by atoms with E-state index in [-0.39, 0.29) is 0 Å². The third kappa shape index (κ3) is 3.64. The van der Waals surface area contributed by atoms with Crippen molar-refractivity contribution in [1.82, 2.24) is 4.90 Å². The predicted octanol–water partition coefficient (Wildman–Crippen LogP) is 3.41. The molecule has 0 radical (unpaired) electrons. The Morgan fingerprint density at radius 2 is 1.94 bits per heavy atom. The van der Waals surface area contributed by atoms with Gasteiger partial charge in [0.2, 0.25) is 0 Å². The van der Waals surface area contributed by atoms with E-state index in [1.165, 1.54) is 62.9 Å². The topological polar surface area (TPSA) is 3.24 Å². The number of unbranched alkanes of at least 4 members (excludes halogenated alkanes) is 1. The Balaban J connectivity index is 1.64. The fraction of sp³-hybridized carbons (Fsp3) is 0.600. The second-order valence-corrected chi connectivity index (χ2v) is 4.99. The van der Waals surface area contributed by atoms with Gasteiger partial charge in [0.1, 0.15) is 0 Å². The molecule has 88 valence electrons. The third-order valence-corrected chi connectivity index (χ3v) is 3.47. The minimum Gasteiger partial charge on any atom is -0.303 e. The summed E-state index contributed by atoms with van der Waals surface area (Å²) in [6, 6.07) is 8.91. The summed E-state index contributed by atoms with van der Waals surface area (Å²) in [5, 5.41) is 0. The van der Waals surface area contributed by atoms with E-state index < -0.39 is 0 Å². The molecule has 1 fully saturated rings. The van der Waals surface area contributed by atoms with Crippen LogP contribution in [0.2, 0.25) is 0 Å². The molecule has 0 bridgehead atoms. The molecule has 0 spiro atoms. The van der Waals surface area contributed by atoms with Crippen LogP contribution in [-0.4, -0.2) is 24.5 Å². The maximum Gasteiger partial charge on any atom is -0.00183 e. The van der Waals surface area contributed by atoms with Crippen LogP contribution in [0.3, 0.4) is 0 Å². The largest absolute Gasteiger partial charge is 0.303 e. The van der Waals surface area contributed by atoms with E-state index in [1.54, 1.807) is 0 Å². The number of hydrogen-bond acceptors (Lipinski definition) is 1. The van der Waals surface area contributed by atoms with Gasteiger partial charge < -0.3 is 4.90 Å². The van der Waals surface area contributed by atoms with E-state index in [9.17, 15) is 0 Å². The van der Waals surface area contributed by atoms with E-state index >= 15 is 0 Å². The molecule has 1 nitrogen and oxygen atoms in total. The zero-order valence-corrected chi connectivity index (χ0v) is 10.4. The predicted molar refractivity (Wildman–Crippen MR) is 69.8 cm³/mol. The molecule has 0 atom stereocenters. The molecule has 0 aliphatic carbocycles. The number of nitrogens with zero attached hydrogens (tertiary/aromatic N) is 1. The zero-order chi connectivity index (χ0) is 11.2. The van der Waals surface area contributed by atoms with Gasteiger partial charge in [-0.1, -0.05) is 29.8 Å². The quantitative estimate of drug-likeness (QED) is 0.683. The first-order valence-corrected chi connectivity index (χ1v) is 6.62. The zero-order valence-electron chi connectivity index (χ0n) is 10.4. The van der Waals surface area contributed by atoms with Crippen molar-refractivity contribution in [3.8, 4) is 0 Å². The summed E-state index contributed by atoms with van der Waals surface area (Å²) in [5.74, 6) is 0. The highest BCUT2D eigenvalue weighted by molar-refractivity contribution is 5.22. The maximum absolute atomic E-state index is 2.61. The van der Waals surface area contributed by atoms with Crippen molar-refractivity contribution in [3.63, 3.8) is 0 Å². The van der Waals surface area contributed by atoms with Gasteiger partial charge in [0.05, 0.1) is 0 Å². The van der Waals surface area contributed by atoms with Gasteiger partial charge in [-0.25, -0.2) is 0 Å². The highest BCUT2D eigenvalue weighted by Gasteiger charge is 2.09. The molecule has 1 aromatic rings. The van der Waals surface area contributed by atoms with Gasteiger partial charge >= 0.3 is 0 Å². The molecule has 0 saturated carbocycles. The van der Waals surface area contributed by atoms with Crippen molar-refractivity contribution < 1.29 is 0 Å². The molecule has 1 heterocycles. The lowest BCUT2D eigenvalue weighted by Crippen LogP contribution is -2.20. The van der Waals surface area contributed by atoms with E-state index in [0.717, 1.165) is 0 Å². The van der Waals surface area contributed by atoms with Crippen molar-refractivity contribution in [1.29, 1.82) is 0 Å². The van der Waals surface area contributed by atoms with Crippen molar-refractivity contribution in [2.75, 3.05) is 19.6 Å². The Bertz CT molecular complexity index is 313. The van der Waals surface area contributed by atoms with Crippen molar-refractivity contribution in [2.24, 2.45) is 0 Å². The first-order valence-electron chi connectivity index (χ1n) is 6.62. The highest BCUT2D eigenvalue weighted by Crippen LogP contribution is 2.11. The summed E-state index contributed by atoms with van der Waals surface area (Å²) in [5.41, 5.74) is 2.89. The highest BCUT2D eigenvalue weighted by atomic mass is 15.1. The Morgan fingerprint density at radius 1 is 1.12 bits per heavy atom. The van der Waals surface area contributed by atoms with E-state index in [1.807, 2.05) is 0 Å². The lowest BCUT2D eigenvalue weighted by Gasteiger charge is -2.13. The second-order valence-electron chi connectivity index (χ2n) is 4.99. The van der Waals surface area contributed by atoms with E-state index in [2.05, 4.69) is 36.1 Å². The smallest absolute Gasteiger partial charge is 0.00183 e. The molecule has 1 aliphatic heterocycles. The third-order valence-electron chi connectivity index (χ3n) is 3.47. The summed E-state index contributed by atoms with van der Waals surface area (Å²) in [7, 11) is 0. The Kier molecular flexibility index (Phi) is 4.41. The van der Waals surface area contributed by atoms with E-state index in [0.29, 0.717) is 0 Å². The van der Waals surface area contributed by atoms with Crippen LogP contribution < -0.4 is 0 Å². The van der Waals surface area contributed by atoms with Gasteiger partial charge in [0, 0.05) is 0 Å². The minimum atomic E-state index is 1.25. The lowest BCUT2D eigenvalue weighted by molar-refractivity contribution is 0.330. The van der Waals surface area contributed by atoms with Crippen molar-refractivity contribution in [2.45, 2.75) is 39.0 Å². The number of rotatable bonds is 5. The molecule has 1 aromatic carbocycles. The molecule has 0 N–H and O–H groups in total. The number of hydrogen-bond donors (Lipinski definition) is 0. The molecule has 1 saturated heterocycles. The number of benzene rings is 1. The van der Waals surface area contributed by atoms with Crippen LogP contribution in [0.1, 0.15) is 36.8 Å². The van der Waals surface area contributed by atoms with Gasteiger partial charge in [-0.15, -0.1) is 0 Å². The molecular weight excluding hydrogens is 194 g/mol. The SMILES string of the molecule is Cc1cccc(CCCCN2CCCC2)c1. The van der Waals surface area contributed by atoms with Crippen LogP contribution in [0.25, 0.3) is 0 Å². The summed E-state index contributed by atoms with van der Waals surface area (Å²) >= 11 is 0. The average Bonchev–Trinajstić information content (AvgIpc) is 2.77. The van der Waals surface area contributed by atoms with Gasteiger partial charge in [0.15, 0.2) is 0 Å². The standard InChI is InChI=1S/C15H23N/c1-14-7-6-9-15(13-14)8-2-3-10-16-11-4-5-12-16/h6-7,9,13H,2-5,8,10-12H2,1H3. The first kappa shape index (κ1) is 11.7. The van der Waals surface area contributed by atoms with Gasteiger partial charge in [-0.05, 0) is 64.2 Å². The molecular formula is C15H23N. The Hall–Kier alpha value is -0.820. The van der Waals surface area contributed by atoms with Crippen LogP contribution in [0.5, 0.6) is 0 Å². The normalized spacial score (nSPS) is 16.8. The van der Waals surface area contributed by atoms with Crippen LogP contribution in [-0.2, 0) is 6.42 Å². The molecule has 0 aromatic heterocycles. The van der Waals surface area contributed by atoms with Crippen LogP contribution >= 0.6 is 0 Å². The van der Waals surface area contributed by atoms with Crippen LogP contribution in [0, 0.1) is 6.92 Å². The summed E-state index contributed by atoms with van der Waals surface area (Å²) in [6.45, 7) is 6.16. The lowest BCUT2D eigenvalue weighted by atomic mass is 10.1. The van der Waals surface area contributed by atoms with E-state index in [4.69, 9.17) is 0 Å². The summed E-state index contributed by atoms with van der Waals surface area (Å²) < 4.78 is 0. The van der Waals surface area contributed by atoms with Gasteiger partial charge in [0.25, 0.3) is 0 Å². The molecule has 16 heavy (non-hydrogen) atoms. The fourth-order valence-electron chi connectivity index (χ4n) is 2.54.